The normalized spacial score (nSPS) is 15.4. The quantitative estimate of drug-likeness (QED) is 0.118. The SMILES string of the molecule is CC1=CC(C)(C)N(C(=O)[C@@H](Cc2ccccc2)N2C(=O)c3ccccc3C2=O)c2cc(C(c3ccccc3)(c3ccccc3)c3ccccc3)ccc21. The number of hydrogen-bond donors (Lipinski definition) is 0. The molecule has 0 saturated carbocycles. The lowest BCUT2D eigenvalue weighted by atomic mass is 9.64. The van der Waals surface area contributed by atoms with Gasteiger partial charge in [0.25, 0.3) is 17.7 Å². The summed E-state index contributed by atoms with van der Waals surface area (Å²) in [4.78, 5) is 46.7. The summed E-state index contributed by atoms with van der Waals surface area (Å²) >= 11 is 0. The molecule has 2 aliphatic rings. The number of nitrogens with zero attached hydrogens (tertiary/aromatic N) is 2. The van der Waals surface area contributed by atoms with E-state index in [9.17, 15) is 9.59 Å². The summed E-state index contributed by atoms with van der Waals surface area (Å²) in [7, 11) is 0. The molecule has 0 bridgehead atoms. The predicted octanol–water partition coefficient (Wildman–Crippen LogP) is 9.51. The Kier molecular flexibility index (Phi) is 8.50. The minimum absolute atomic E-state index is 0.178. The van der Waals surface area contributed by atoms with Gasteiger partial charge >= 0.3 is 0 Å². The number of carbonyl (C=O) groups is 3. The fourth-order valence-corrected chi connectivity index (χ4v) is 8.50. The molecule has 0 spiro atoms. The second kappa shape index (κ2) is 13.3. The highest BCUT2D eigenvalue weighted by molar-refractivity contribution is 6.23. The van der Waals surface area contributed by atoms with Crippen molar-refractivity contribution in [3.63, 3.8) is 0 Å². The summed E-state index contributed by atoms with van der Waals surface area (Å²) in [5, 5.41) is 0. The third kappa shape index (κ3) is 5.60. The zero-order valence-corrected chi connectivity index (χ0v) is 30.1. The molecule has 0 N–H and O–H groups in total. The Morgan fingerprint density at radius 1 is 0.585 bits per heavy atom. The van der Waals surface area contributed by atoms with Crippen LogP contribution in [-0.2, 0) is 16.6 Å². The highest BCUT2D eigenvalue weighted by Crippen LogP contribution is 2.49. The van der Waals surface area contributed by atoms with E-state index >= 15 is 4.79 Å². The first-order valence-corrected chi connectivity index (χ1v) is 18.1. The van der Waals surface area contributed by atoms with Crippen molar-refractivity contribution in [2.75, 3.05) is 4.90 Å². The summed E-state index contributed by atoms with van der Waals surface area (Å²) in [5.41, 5.74) is 6.92. The van der Waals surface area contributed by atoms with Crippen LogP contribution in [0.4, 0.5) is 5.69 Å². The summed E-state index contributed by atoms with van der Waals surface area (Å²) in [5.74, 6) is -1.22. The van der Waals surface area contributed by atoms with Crippen LogP contribution < -0.4 is 4.90 Å². The molecule has 0 fully saturated rings. The highest BCUT2D eigenvalue weighted by atomic mass is 16.2. The van der Waals surface area contributed by atoms with Crippen LogP contribution >= 0.6 is 0 Å². The van der Waals surface area contributed by atoms with Gasteiger partial charge in [-0.15, -0.1) is 0 Å². The van der Waals surface area contributed by atoms with Crippen LogP contribution in [-0.4, -0.2) is 34.2 Å². The number of fused-ring (bicyclic) bond motifs is 2. The lowest BCUT2D eigenvalue weighted by Crippen LogP contribution is -2.58. The van der Waals surface area contributed by atoms with Crippen molar-refractivity contribution >= 4 is 29.0 Å². The van der Waals surface area contributed by atoms with Crippen molar-refractivity contribution in [3.8, 4) is 0 Å². The molecule has 6 aromatic carbocycles. The van der Waals surface area contributed by atoms with Gasteiger partial charge in [-0.25, -0.2) is 0 Å². The van der Waals surface area contributed by atoms with Gasteiger partial charge in [0.1, 0.15) is 6.04 Å². The number of allylic oxidation sites excluding steroid dienone is 1. The van der Waals surface area contributed by atoms with Gasteiger partial charge < -0.3 is 4.90 Å². The number of imide groups is 1. The molecule has 260 valence electrons. The average molecular weight is 693 g/mol. The Balaban J connectivity index is 1.35. The minimum Gasteiger partial charge on any atom is -0.301 e. The van der Waals surface area contributed by atoms with E-state index in [0.29, 0.717) is 11.1 Å². The minimum atomic E-state index is -1.09. The fraction of sp³-hybridized carbons (Fsp3) is 0.146. The maximum atomic E-state index is 15.5. The lowest BCUT2D eigenvalue weighted by molar-refractivity contribution is -0.123. The first kappa shape index (κ1) is 33.8. The van der Waals surface area contributed by atoms with Crippen LogP contribution in [0.3, 0.4) is 0 Å². The smallest absolute Gasteiger partial charge is 0.262 e. The van der Waals surface area contributed by atoms with E-state index in [1.165, 1.54) is 4.90 Å². The van der Waals surface area contributed by atoms with Gasteiger partial charge in [-0.1, -0.05) is 152 Å². The molecule has 2 aliphatic heterocycles. The molecule has 1 atom stereocenters. The first-order chi connectivity index (χ1) is 25.7. The lowest BCUT2D eigenvalue weighted by Gasteiger charge is -2.45. The second-order valence-corrected chi connectivity index (χ2v) is 14.5. The monoisotopic (exact) mass is 692 g/mol. The number of amides is 3. The predicted molar refractivity (Wildman–Crippen MR) is 211 cm³/mol. The molecule has 2 heterocycles. The van der Waals surface area contributed by atoms with Crippen LogP contribution in [0.15, 0.2) is 170 Å². The topological polar surface area (TPSA) is 57.7 Å². The zero-order chi connectivity index (χ0) is 36.7. The molecule has 6 aromatic rings. The number of benzene rings is 6. The standard InChI is InChI=1S/C48H40N2O3/c1-33-32-47(2,3)50(46(53)43(30-34-18-8-4-9-19-34)49-44(51)40-26-16-17-27-41(40)45(49)52)42-31-38(28-29-39(33)42)48(35-20-10-5-11-21-35,36-22-12-6-13-23-36)37-24-14-7-15-25-37/h4-29,31-32,43H,30H2,1-3H3/t43-/m1/s1. The van der Waals surface area contributed by atoms with Gasteiger partial charge in [-0.3, -0.25) is 19.3 Å². The van der Waals surface area contributed by atoms with Gasteiger partial charge in [0, 0.05) is 12.0 Å². The third-order valence-corrected chi connectivity index (χ3v) is 10.8. The van der Waals surface area contributed by atoms with Gasteiger partial charge in [0.15, 0.2) is 0 Å². The summed E-state index contributed by atoms with van der Waals surface area (Å²) in [6.07, 6.45) is 2.28. The van der Waals surface area contributed by atoms with Crippen LogP contribution in [0.25, 0.3) is 5.57 Å². The number of carbonyl (C=O) groups excluding carboxylic acids is 3. The third-order valence-electron chi connectivity index (χ3n) is 10.8. The van der Waals surface area contributed by atoms with Crippen LogP contribution in [0.5, 0.6) is 0 Å². The van der Waals surface area contributed by atoms with E-state index in [4.69, 9.17) is 0 Å². The first-order valence-electron chi connectivity index (χ1n) is 18.1. The summed E-state index contributed by atoms with van der Waals surface area (Å²) in [6, 6.07) is 53.2. The highest BCUT2D eigenvalue weighted by Gasteiger charge is 2.48. The van der Waals surface area contributed by atoms with Crippen molar-refractivity contribution < 1.29 is 14.4 Å². The zero-order valence-electron chi connectivity index (χ0n) is 30.1. The molecule has 5 heteroatoms. The molecular formula is C48H40N2O3. The Hall–Kier alpha value is -6.33. The van der Waals surface area contributed by atoms with Crippen molar-refractivity contribution in [2.24, 2.45) is 0 Å². The van der Waals surface area contributed by atoms with Crippen molar-refractivity contribution in [2.45, 2.75) is 44.2 Å². The second-order valence-electron chi connectivity index (χ2n) is 14.5. The van der Waals surface area contributed by atoms with E-state index in [0.717, 1.165) is 44.6 Å². The van der Waals surface area contributed by atoms with E-state index in [-0.39, 0.29) is 12.3 Å². The van der Waals surface area contributed by atoms with E-state index < -0.39 is 28.8 Å². The number of anilines is 1. The molecule has 0 saturated heterocycles. The van der Waals surface area contributed by atoms with Gasteiger partial charge in [-0.2, -0.15) is 0 Å². The fourth-order valence-electron chi connectivity index (χ4n) is 8.50. The molecule has 53 heavy (non-hydrogen) atoms. The molecule has 8 rings (SSSR count). The Labute approximate surface area is 310 Å². The molecule has 0 aliphatic carbocycles. The summed E-state index contributed by atoms with van der Waals surface area (Å²) in [6.45, 7) is 6.11. The van der Waals surface area contributed by atoms with E-state index in [1.54, 1.807) is 24.3 Å². The maximum absolute atomic E-state index is 15.5. The van der Waals surface area contributed by atoms with E-state index in [1.807, 2.05) is 67.3 Å². The Morgan fingerprint density at radius 2 is 1.04 bits per heavy atom. The average Bonchev–Trinajstić information content (AvgIpc) is 3.44. The van der Waals surface area contributed by atoms with Gasteiger partial charge in [0.2, 0.25) is 0 Å². The molecule has 0 aromatic heterocycles. The van der Waals surface area contributed by atoms with Crippen LogP contribution in [0.1, 0.15) is 74.9 Å². The molecule has 0 unspecified atom stereocenters. The van der Waals surface area contributed by atoms with Crippen molar-refractivity contribution in [1.82, 2.24) is 4.90 Å². The number of hydrogen-bond acceptors (Lipinski definition) is 3. The maximum Gasteiger partial charge on any atom is 0.262 e. The Morgan fingerprint density at radius 3 is 1.53 bits per heavy atom. The van der Waals surface area contributed by atoms with Crippen molar-refractivity contribution in [3.05, 3.63) is 214 Å². The van der Waals surface area contributed by atoms with Crippen LogP contribution in [0.2, 0.25) is 0 Å². The Bertz CT molecular complexity index is 2230. The molecular weight excluding hydrogens is 653 g/mol. The van der Waals surface area contributed by atoms with Gasteiger partial charge in [0.05, 0.1) is 27.8 Å². The van der Waals surface area contributed by atoms with Crippen LogP contribution in [0, 0.1) is 0 Å². The van der Waals surface area contributed by atoms with E-state index in [2.05, 4.69) is 104 Å². The number of rotatable bonds is 8. The molecule has 0 radical (unpaired) electrons. The van der Waals surface area contributed by atoms with Crippen molar-refractivity contribution in [1.29, 1.82) is 0 Å². The molecule has 5 nitrogen and oxygen atoms in total. The largest absolute Gasteiger partial charge is 0.301 e. The van der Waals surface area contributed by atoms with Gasteiger partial charge in [-0.05, 0) is 72.4 Å². The summed E-state index contributed by atoms with van der Waals surface area (Å²) < 4.78 is 0. The molecule has 3 amide bonds.